The van der Waals surface area contributed by atoms with Gasteiger partial charge in [-0.25, -0.2) is 9.37 Å². The van der Waals surface area contributed by atoms with E-state index in [0.717, 1.165) is 55.1 Å². The van der Waals surface area contributed by atoms with E-state index in [0.29, 0.717) is 12.4 Å². The number of amides is 1. The maximum absolute atomic E-state index is 13.3. The lowest BCUT2D eigenvalue weighted by molar-refractivity contribution is 0.102. The maximum atomic E-state index is 13.3. The molecule has 0 atom stereocenters. The zero-order chi connectivity index (χ0) is 22.7. The van der Waals surface area contributed by atoms with Crippen LogP contribution >= 0.6 is 11.6 Å². The third-order valence-corrected chi connectivity index (χ3v) is 5.93. The number of rotatable bonds is 6. The Bertz CT molecular complexity index is 1110. The van der Waals surface area contributed by atoms with Gasteiger partial charge in [0, 0.05) is 38.4 Å². The SMILES string of the molecule is Cc1ccc(C)c(NC(=O)c2coc(CN3CCN(Cc4ccc(F)c(Cl)c4)CC3)n2)c1. The van der Waals surface area contributed by atoms with E-state index in [1.807, 2.05) is 32.0 Å². The number of nitrogens with zero attached hydrogens (tertiary/aromatic N) is 3. The molecule has 0 saturated carbocycles. The van der Waals surface area contributed by atoms with Crippen LogP contribution in [-0.2, 0) is 13.1 Å². The average Bonchev–Trinajstić information content (AvgIpc) is 3.23. The van der Waals surface area contributed by atoms with Crippen molar-refractivity contribution in [3.05, 3.63) is 81.8 Å². The van der Waals surface area contributed by atoms with Crippen LogP contribution in [0.25, 0.3) is 0 Å². The van der Waals surface area contributed by atoms with Crippen LogP contribution in [0, 0.1) is 19.7 Å². The van der Waals surface area contributed by atoms with Gasteiger partial charge in [-0.1, -0.05) is 29.8 Å². The van der Waals surface area contributed by atoms with Crippen LogP contribution in [0.3, 0.4) is 0 Å². The van der Waals surface area contributed by atoms with Gasteiger partial charge >= 0.3 is 0 Å². The Morgan fingerprint density at radius 3 is 2.53 bits per heavy atom. The molecule has 168 valence electrons. The molecule has 0 spiro atoms. The summed E-state index contributed by atoms with van der Waals surface area (Å²) in [5, 5.41) is 3.06. The second-order valence-electron chi connectivity index (χ2n) is 8.20. The molecule has 8 heteroatoms. The second-order valence-corrected chi connectivity index (χ2v) is 8.61. The number of halogens is 2. The van der Waals surface area contributed by atoms with E-state index in [4.69, 9.17) is 16.0 Å². The second kappa shape index (κ2) is 9.81. The van der Waals surface area contributed by atoms with Gasteiger partial charge in [0.05, 0.1) is 11.6 Å². The highest BCUT2D eigenvalue weighted by molar-refractivity contribution is 6.30. The number of hydrogen-bond donors (Lipinski definition) is 1. The van der Waals surface area contributed by atoms with Crippen LogP contribution < -0.4 is 5.32 Å². The van der Waals surface area contributed by atoms with Crippen molar-refractivity contribution in [1.29, 1.82) is 0 Å². The summed E-state index contributed by atoms with van der Waals surface area (Å²) in [5.41, 5.74) is 4.12. The summed E-state index contributed by atoms with van der Waals surface area (Å²) in [5.74, 6) is -0.153. The van der Waals surface area contributed by atoms with Crippen molar-refractivity contribution in [3.8, 4) is 0 Å². The quantitative estimate of drug-likeness (QED) is 0.584. The lowest BCUT2D eigenvalue weighted by Gasteiger charge is -2.34. The first kappa shape index (κ1) is 22.5. The van der Waals surface area contributed by atoms with E-state index in [9.17, 15) is 9.18 Å². The molecule has 0 bridgehead atoms. The molecule has 2 aromatic carbocycles. The summed E-state index contributed by atoms with van der Waals surface area (Å²) < 4.78 is 18.9. The van der Waals surface area contributed by atoms with Gasteiger partial charge in [0.1, 0.15) is 12.1 Å². The summed E-state index contributed by atoms with van der Waals surface area (Å²) in [7, 11) is 0. The molecule has 6 nitrogen and oxygen atoms in total. The smallest absolute Gasteiger partial charge is 0.277 e. The predicted octanol–water partition coefficient (Wildman–Crippen LogP) is 4.65. The summed E-state index contributed by atoms with van der Waals surface area (Å²) in [6.45, 7) is 8.65. The minimum atomic E-state index is -0.395. The van der Waals surface area contributed by atoms with Crippen LogP contribution in [0.1, 0.15) is 33.1 Å². The van der Waals surface area contributed by atoms with E-state index in [1.54, 1.807) is 12.1 Å². The molecular weight excluding hydrogens is 431 g/mol. The molecule has 0 radical (unpaired) electrons. The van der Waals surface area contributed by atoms with Gasteiger partial charge in [-0.2, -0.15) is 0 Å². The van der Waals surface area contributed by atoms with Crippen molar-refractivity contribution in [2.75, 3.05) is 31.5 Å². The molecule has 0 aliphatic carbocycles. The third kappa shape index (κ3) is 5.54. The van der Waals surface area contributed by atoms with Gasteiger partial charge < -0.3 is 9.73 Å². The number of piperazine rings is 1. The number of benzene rings is 2. The van der Waals surface area contributed by atoms with E-state index < -0.39 is 5.82 Å². The molecule has 4 rings (SSSR count). The lowest BCUT2D eigenvalue weighted by Crippen LogP contribution is -2.45. The van der Waals surface area contributed by atoms with Crippen LogP contribution in [0.2, 0.25) is 5.02 Å². The van der Waals surface area contributed by atoms with Crippen molar-refractivity contribution in [2.24, 2.45) is 0 Å². The minimum Gasteiger partial charge on any atom is -0.447 e. The molecule has 1 aromatic heterocycles. The molecule has 1 saturated heterocycles. The Kier molecular flexibility index (Phi) is 6.89. The Morgan fingerprint density at radius 1 is 1.09 bits per heavy atom. The highest BCUT2D eigenvalue weighted by Gasteiger charge is 2.20. The van der Waals surface area contributed by atoms with Gasteiger partial charge in [0.25, 0.3) is 5.91 Å². The number of aromatic nitrogens is 1. The number of aryl methyl sites for hydroxylation is 2. The first-order chi connectivity index (χ1) is 15.4. The molecular formula is C24H26ClFN4O2. The van der Waals surface area contributed by atoms with Crippen molar-refractivity contribution in [1.82, 2.24) is 14.8 Å². The standard InChI is InChI=1S/C24H26ClFN4O2/c1-16-3-4-17(2)21(11-16)28-24(31)22-15-32-23(27-22)14-30-9-7-29(8-10-30)13-18-5-6-20(26)19(25)12-18/h3-6,11-12,15H,7-10,13-14H2,1-2H3,(H,28,31). The van der Waals surface area contributed by atoms with Crippen LogP contribution in [-0.4, -0.2) is 46.9 Å². The minimum absolute atomic E-state index is 0.155. The van der Waals surface area contributed by atoms with E-state index >= 15 is 0 Å². The number of hydrogen-bond acceptors (Lipinski definition) is 5. The molecule has 2 heterocycles. The van der Waals surface area contributed by atoms with Crippen molar-refractivity contribution in [2.45, 2.75) is 26.9 Å². The zero-order valence-electron chi connectivity index (χ0n) is 18.2. The summed E-state index contributed by atoms with van der Waals surface area (Å²) in [6.07, 6.45) is 1.41. The predicted molar refractivity (Wildman–Crippen MR) is 122 cm³/mol. The molecule has 32 heavy (non-hydrogen) atoms. The fourth-order valence-electron chi connectivity index (χ4n) is 3.74. The monoisotopic (exact) mass is 456 g/mol. The Balaban J connectivity index is 1.28. The topological polar surface area (TPSA) is 61.6 Å². The van der Waals surface area contributed by atoms with Gasteiger partial charge in [-0.15, -0.1) is 0 Å². The average molecular weight is 457 g/mol. The highest BCUT2D eigenvalue weighted by Crippen LogP contribution is 2.19. The Labute approximate surface area is 192 Å². The zero-order valence-corrected chi connectivity index (χ0v) is 19.0. The molecule has 1 fully saturated rings. The summed E-state index contributed by atoms with van der Waals surface area (Å²) >= 11 is 5.88. The molecule has 1 aliphatic heterocycles. The van der Waals surface area contributed by atoms with Crippen molar-refractivity contribution >= 4 is 23.2 Å². The summed E-state index contributed by atoms with van der Waals surface area (Å²) in [4.78, 5) is 21.5. The first-order valence-corrected chi connectivity index (χ1v) is 11.0. The maximum Gasteiger partial charge on any atom is 0.277 e. The fourth-order valence-corrected chi connectivity index (χ4v) is 3.94. The first-order valence-electron chi connectivity index (χ1n) is 10.6. The normalized spacial score (nSPS) is 15.1. The third-order valence-electron chi connectivity index (χ3n) is 5.64. The van der Waals surface area contributed by atoms with Crippen molar-refractivity contribution in [3.63, 3.8) is 0 Å². The van der Waals surface area contributed by atoms with E-state index in [1.165, 1.54) is 12.3 Å². The van der Waals surface area contributed by atoms with E-state index in [-0.39, 0.29) is 16.6 Å². The van der Waals surface area contributed by atoms with Crippen LogP contribution in [0.5, 0.6) is 0 Å². The number of anilines is 1. The number of carbonyl (C=O) groups excluding carboxylic acids is 1. The fraction of sp³-hybridized carbons (Fsp3) is 0.333. The molecule has 0 unspecified atom stereocenters. The lowest BCUT2D eigenvalue weighted by atomic mass is 10.1. The molecule has 1 aliphatic rings. The summed E-state index contributed by atoms with van der Waals surface area (Å²) in [6, 6.07) is 10.8. The Morgan fingerprint density at radius 2 is 1.81 bits per heavy atom. The van der Waals surface area contributed by atoms with Crippen molar-refractivity contribution < 1.29 is 13.6 Å². The highest BCUT2D eigenvalue weighted by atomic mass is 35.5. The number of nitrogens with one attached hydrogen (secondary N) is 1. The van der Waals surface area contributed by atoms with E-state index in [2.05, 4.69) is 20.1 Å². The number of carbonyl (C=O) groups is 1. The molecule has 3 aromatic rings. The Hall–Kier alpha value is -2.74. The van der Waals surface area contributed by atoms with Crippen LogP contribution in [0.4, 0.5) is 10.1 Å². The van der Waals surface area contributed by atoms with Gasteiger partial charge in [0.15, 0.2) is 5.69 Å². The van der Waals surface area contributed by atoms with Gasteiger partial charge in [-0.05, 0) is 48.7 Å². The molecule has 1 amide bonds. The van der Waals surface area contributed by atoms with Gasteiger partial charge in [0.2, 0.25) is 5.89 Å². The number of oxazole rings is 1. The molecule has 1 N–H and O–H groups in total. The van der Waals surface area contributed by atoms with Gasteiger partial charge in [-0.3, -0.25) is 14.6 Å². The largest absolute Gasteiger partial charge is 0.447 e. The van der Waals surface area contributed by atoms with Crippen LogP contribution in [0.15, 0.2) is 47.1 Å².